The molecule has 3 N–H and O–H groups in total. The van der Waals surface area contributed by atoms with Crippen molar-refractivity contribution < 1.29 is 9.90 Å². The Hall–Kier alpha value is -1.99. The van der Waals surface area contributed by atoms with Crippen molar-refractivity contribution in [1.82, 2.24) is 5.32 Å². The molecule has 0 saturated carbocycles. The SMILES string of the molecule is C#CCCNC(C)c1cc(NC(=O)CCC)ccc1O. The number of aromatic hydroxyl groups is 1. The highest BCUT2D eigenvalue weighted by Crippen LogP contribution is 2.27. The first-order chi connectivity index (χ1) is 9.58. The predicted octanol–water partition coefficient (Wildman–Crippen LogP) is 2.80. The molecule has 1 aromatic rings. The number of carbonyl (C=O) groups excluding carboxylic acids is 1. The normalized spacial score (nSPS) is 11.7. The van der Waals surface area contributed by atoms with Gasteiger partial charge < -0.3 is 15.7 Å². The van der Waals surface area contributed by atoms with Gasteiger partial charge in [-0.1, -0.05) is 6.92 Å². The molecule has 0 aliphatic rings. The average Bonchev–Trinajstić information content (AvgIpc) is 2.41. The number of terminal acetylenes is 1. The van der Waals surface area contributed by atoms with Crippen molar-refractivity contribution in [3.63, 3.8) is 0 Å². The Kier molecular flexibility index (Phi) is 6.61. The van der Waals surface area contributed by atoms with Crippen molar-refractivity contribution in [2.24, 2.45) is 0 Å². The molecular formula is C16H22N2O2. The lowest BCUT2D eigenvalue weighted by atomic mass is 10.1. The van der Waals surface area contributed by atoms with Gasteiger partial charge in [0, 0.05) is 36.7 Å². The minimum Gasteiger partial charge on any atom is -0.508 e. The summed E-state index contributed by atoms with van der Waals surface area (Å²) in [5, 5.41) is 16.0. The Morgan fingerprint density at radius 3 is 2.90 bits per heavy atom. The van der Waals surface area contributed by atoms with Crippen molar-refractivity contribution >= 4 is 11.6 Å². The van der Waals surface area contributed by atoms with Crippen LogP contribution in [-0.4, -0.2) is 17.6 Å². The first-order valence-electron chi connectivity index (χ1n) is 6.88. The molecular weight excluding hydrogens is 252 g/mol. The fourth-order valence-corrected chi connectivity index (χ4v) is 1.90. The van der Waals surface area contributed by atoms with E-state index in [1.54, 1.807) is 18.2 Å². The molecule has 0 aromatic heterocycles. The highest BCUT2D eigenvalue weighted by molar-refractivity contribution is 5.90. The van der Waals surface area contributed by atoms with Crippen LogP contribution in [0.25, 0.3) is 0 Å². The van der Waals surface area contributed by atoms with E-state index >= 15 is 0 Å². The summed E-state index contributed by atoms with van der Waals surface area (Å²) in [4.78, 5) is 11.6. The Morgan fingerprint density at radius 2 is 2.25 bits per heavy atom. The van der Waals surface area contributed by atoms with E-state index in [9.17, 15) is 9.90 Å². The largest absolute Gasteiger partial charge is 0.508 e. The van der Waals surface area contributed by atoms with E-state index in [1.807, 2.05) is 13.8 Å². The number of rotatable bonds is 7. The van der Waals surface area contributed by atoms with E-state index in [1.165, 1.54) is 0 Å². The molecule has 4 heteroatoms. The molecule has 0 aliphatic heterocycles. The fraction of sp³-hybridized carbons (Fsp3) is 0.438. The van der Waals surface area contributed by atoms with Gasteiger partial charge in [0.05, 0.1) is 0 Å². The molecule has 1 unspecified atom stereocenters. The van der Waals surface area contributed by atoms with Crippen LogP contribution in [0.1, 0.15) is 44.7 Å². The molecule has 20 heavy (non-hydrogen) atoms. The van der Waals surface area contributed by atoms with Crippen molar-refractivity contribution in [3.05, 3.63) is 23.8 Å². The molecule has 1 aromatic carbocycles. The van der Waals surface area contributed by atoms with Gasteiger partial charge in [-0.25, -0.2) is 0 Å². The summed E-state index contributed by atoms with van der Waals surface area (Å²) in [6.07, 6.45) is 7.14. The Morgan fingerprint density at radius 1 is 1.50 bits per heavy atom. The van der Waals surface area contributed by atoms with Gasteiger partial charge in [0.15, 0.2) is 0 Å². The van der Waals surface area contributed by atoms with E-state index in [2.05, 4.69) is 16.6 Å². The smallest absolute Gasteiger partial charge is 0.224 e. The number of phenols is 1. The van der Waals surface area contributed by atoms with Gasteiger partial charge in [-0.15, -0.1) is 12.3 Å². The maximum Gasteiger partial charge on any atom is 0.224 e. The highest BCUT2D eigenvalue weighted by Gasteiger charge is 2.11. The van der Waals surface area contributed by atoms with Crippen LogP contribution in [-0.2, 0) is 4.79 Å². The number of amides is 1. The number of carbonyl (C=O) groups is 1. The molecule has 0 saturated heterocycles. The van der Waals surface area contributed by atoms with Gasteiger partial charge in [-0.05, 0) is 31.5 Å². The lowest BCUT2D eigenvalue weighted by molar-refractivity contribution is -0.116. The summed E-state index contributed by atoms with van der Waals surface area (Å²) in [6.45, 7) is 4.59. The van der Waals surface area contributed by atoms with Gasteiger partial charge in [-0.2, -0.15) is 0 Å². The van der Waals surface area contributed by atoms with Gasteiger partial charge in [0.25, 0.3) is 0 Å². The van der Waals surface area contributed by atoms with E-state index in [-0.39, 0.29) is 17.7 Å². The summed E-state index contributed by atoms with van der Waals surface area (Å²) >= 11 is 0. The standard InChI is InChI=1S/C16H22N2O2/c1-4-6-10-17-12(3)14-11-13(8-9-15(14)19)18-16(20)7-5-2/h1,8-9,11-12,17,19H,5-7,10H2,2-3H3,(H,18,20). The molecule has 0 radical (unpaired) electrons. The second-order valence-electron chi connectivity index (χ2n) is 4.70. The predicted molar refractivity (Wildman–Crippen MR) is 81.5 cm³/mol. The summed E-state index contributed by atoms with van der Waals surface area (Å²) < 4.78 is 0. The molecule has 1 amide bonds. The van der Waals surface area contributed by atoms with Crippen molar-refractivity contribution in [3.8, 4) is 18.1 Å². The molecule has 0 spiro atoms. The van der Waals surface area contributed by atoms with Crippen LogP contribution in [0.2, 0.25) is 0 Å². The van der Waals surface area contributed by atoms with Gasteiger partial charge in [-0.3, -0.25) is 4.79 Å². The summed E-state index contributed by atoms with van der Waals surface area (Å²) in [6, 6.07) is 5.04. The monoisotopic (exact) mass is 274 g/mol. The number of hydrogen-bond acceptors (Lipinski definition) is 3. The first-order valence-corrected chi connectivity index (χ1v) is 6.88. The minimum atomic E-state index is -0.0358. The van der Waals surface area contributed by atoms with E-state index < -0.39 is 0 Å². The molecule has 0 aliphatic carbocycles. The third-order valence-electron chi connectivity index (χ3n) is 2.97. The van der Waals surface area contributed by atoms with Crippen LogP contribution in [0, 0.1) is 12.3 Å². The van der Waals surface area contributed by atoms with Gasteiger partial charge in [0.1, 0.15) is 5.75 Å². The highest BCUT2D eigenvalue weighted by atomic mass is 16.3. The number of benzene rings is 1. The Balaban J connectivity index is 2.75. The van der Waals surface area contributed by atoms with Crippen LogP contribution < -0.4 is 10.6 Å². The van der Waals surface area contributed by atoms with Crippen molar-refractivity contribution in [2.45, 2.75) is 39.2 Å². The van der Waals surface area contributed by atoms with Crippen LogP contribution >= 0.6 is 0 Å². The third-order valence-corrected chi connectivity index (χ3v) is 2.97. The van der Waals surface area contributed by atoms with Crippen LogP contribution in [0.4, 0.5) is 5.69 Å². The fourth-order valence-electron chi connectivity index (χ4n) is 1.90. The molecule has 1 atom stereocenters. The molecule has 0 fully saturated rings. The number of anilines is 1. The lowest BCUT2D eigenvalue weighted by Crippen LogP contribution is -2.20. The summed E-state index contributed by atoms with van der Waals surface area (Å²) in [7, 11) is 0. The van der Waals surface area contributed by atoms with E-state index in [0.717, 1.165) is 12.0 Å². The number of phenolic OH excluding ortho intramolecular Hbond substituents is 1. The second kappa shape index (κ2) is 8.23. The summed E-state index contributed by atoms with van der Waals surface area (Å²) in [5.74, 6) is 2.75. The second-order valence-corrected chi connectivity index (χ2v) is 4.70. The zero-order chi connectivity index (χ0) is 15.0. The van der Waals surface area contributed by atoms with Gasteiger partial charge >= 0.3 is 0 Å². The van der Waals surface area contributed by atoms with Gasteiger partial charge in [0.2, 0.25) is 5.91 Å². The first kappa shape index (κ1) is 16.1. The lowest BCUT2D eigenvalue weighted by Gasteiger charge is -2.16. The minimum absolute atomic E-state index is 0.0166. The number of hydrogen-bond donors (Lipinski definition) is 3. The van der Waals surface area contributed by atoms with E-state index in [0.29, 0.717) is 25.1 Å². The molecule has 1 rings (SSSR count). The zero-order valence-corrected chi connectivity index (χ0v) is 12.1. The van der Waals surface area contributed by atoms with Crippen LogP contribution in [0.15, 0.2) is 18.2 Å². The molecule has 4 nitrogen and oxygen atoms in total. The number of nitrogens with one attached hydrogen (secondary N) is 2. The average molecular weight is 274 g/mol. The zero-order valence-electron chi connectivity index (χ0n) is 12.1. The Bertz CT molecular complexity index is 492. The maximum atomic E-state index is 11.6. The molecule has 0 heterocycles. The summed E-state index contributed by atoms with van der Waals surface area (Å²) in [5.41, 5.74) is 1.44. The topological polar surface area (TPSA) is 61.4 Å². The van der Waals surface area contributed by atoms with Crippen LogP contribution in [0.3, 0.4) is 0 Å². The maximum absolute atomic E-state index is 11.6. The quantitative estimate of drug-likeness (QED) is 0.407. The molecule has 108 valence electrons. The third kappa shape index (κ3) is 4.94. The Labute approximate surface area is 120 Å². The molecule has 0 bridgehead atoms. The van der Waals surface area contributed by atoms with Crippen molar-refractivity contribution in [2.75, 3.05) is 11.9 Å². The van der Waals surface area contributed by atoms with Crippen molar-refractivity contribution in [1.29, 1.82) is 0 Å². The van der Waals surface area contributed by atoms with E-state index in [4.69, 9.17) is 6.42 Å². The van der Waals surface area contributed by atoms with Crippen LogP contribution in [0.5, 0.6) is 5.75 Å².